The van der Waals surface area contributed by atoms with E-state index in [1.807, 2.05) is 30.5 Å². The van der Waals surface area contributed by atoms with Crippen LogP contribution in [0.5, 0.6) is 5.75 Å². The topological polar surface area (TPSA) is 37.9 Å². The maximum atomic E-state index is 5.15. The van der Waals surface area contributed by atoms with Crippen molar-refractivity contribution in [1.29, 1.82) is 0 Å². The van der Waals surface area contributed by atoms with E-state index in [1.54, 1.807) is 7.11 Å². The van der Waals surface area contributed by atoms with Crippen molar-refractivity contribution in [1.82, 2.24) is 10.2 Å². The summed E-state index contributed by atoms with van der Waals surface area (Å²) >= 11 is 0. The van der Waals surface area contributed by atoms with Crippen LogP contribution in [0.4, 0.5) is 0 Å². The van der Waals surface area contributed by atoms with Crippen LogP contribution in [0.2, 0.25) is 0 Å². The van der Waals surface area contributed by atoms with Gasteiger partial charge in [-0.2, -0.15) is 5.10 Å². The molecule has 0 aliphatic carbocycles. The van der Waals surface area contributed by atoms with Crippen molar-refractivity contribution in [3.63, 3.8) is 0 Å². The van der Waals surface area contributed by atoms with Crippen LogP contribution in [-0.4, -0.2) is 17.3 Å². The Morgan fingerprint density at radius 3 is 3.00 bits per heavy atom. The maximum Gasteiger partial charge on any atom is 0.120 e. The Balaban J connectivity index is 2.26. The molecule has 0 aliphatic heterocycles. The smallest absolute Gasteiger partial charge is 0.120 e. The van der Waals surface area contributed by atoms with E-state index in [0.29, 0.717) is 0 Å². The zero-order valence-corrected chi connectivity index (χ0v) is 9.95. The number of nitrogens with zero attached hydrogens (tertiary/aromatic N) is 1. The fraction of sp³-hybridized carbons (Fsp3) is 0.214. The number of aromatic amines is 1. The molecule has 17 heavy (non-hydrogen) atoms. The van der Waals surface area contributed by atoms with Crippen molar-refractivity contribution in [2.75, 3.05) is 7.11 Å². The van der Waals surface area contributed by atoms with E-state index in [4.69, 9.17) is 4.74 Å². The number of aryl methyl sites for hydroxylation is 1. The molecule has 2 rings (SSSR count). The van der Waals surface area contributed by atoms with Gasteiger partial charge < -0.3 is 4.74 Å². The third-order valence-corrected chi connectivity index (χ3v) is 2.50. The number of methoxy groups -OCH3 is 1. The minimum Gasteiger partial charge on any atom is -0.497 e. The van der Waals surface area contributed by atoms with Crippen molar-refractivity contribution < 1.29 is 4.74 Å². The first-order valence-corrected chi connectivity index (χ1v) is 5.51. The van der Waals surface area contributed by atoms with Crippen LogP contribution in [0.1, 0.15) is 23.7 Å². The van der Waals surface area contributed by atoms with Gasteiger partial charge in [0, 0.05) is 11.1 Å². The van der Waals surface area contributed by atoms with Crippen LogP contribution in [0.3, 0.4) is 0 Å². The van der Waals surface area contributed by atoms with Crippen molar-refractivity contribution in [2.24, 2.45) is 0 Å². The number of aromatic nitrogens is 2. The van der Waals surface area contributed by atoms with Gasteiger partial charge in [0.05, 0.1) is 13.3 Å². The molecule has 1 heterocycles. The number of ether oxygens (including phenoxy) is 1. The molecule has 0 amide bonds. The highest BCUT2D eigenvalue weighted by Gasteiger charge is 1.98. The maximum absolute atomic E-state index is 5.15. The number of rotatable bonds is 2. The molecule has 0 spiro atoms. The highest BCUT2D eigenvalue weighted by Crippen LogP contribution is 2.11. The van der Waals surface area contributed by atoms with Crippen LogP contribution in [0, 0.1) is 11.8 Å². The van der Waals surface area contributed by atoms with Gasteiger partial charge in [0.1, 0.15) is 11.4 Å². The molecule has 1 N–H and O–H groups in total. The summed E-state index contributed by atoms with van der Waals surface area (Å²) in [6, 6.07) is 7.70. The number of benzene rings is 1. The molecule has 0 bridgehead atoms. The average Bonchev–Trinajstić information content (AvgIpc) is 2.84. The lowest BCUT2D eigenvalue weighted by Crippen LogP contribution is -1.85. The first-order valence-electron chi connectivity index (χ1n) is 5.51. The molecule has 86 valence electrons. The highest BCUT2D eigenvalue weighted by atomic mass is 16.5. The van der Waals surface area contributed by atoms with Crippen molar-refractivity contribution in [2.45, 2.75) is 13.3 Å². The van der Waals surface area contributed by atoms with Crippen LogP contribution >= 0.6 is 0 Å². The molecule has 2 aromatic rings. The number of hydrogen-bond donors (Lipinski definition) is 1. The molecule has 0 atom stereocenters. The average molecular weight is 226 g/mol. The third kappa shape index (κ3) is 2.67. The molecule has 3 heteroatoms. The second kappa shape index (κ2) is 5.22. The van der Waals surface area contributed by atoms with Gasteiger partial charge in [-0.15, -0.1) is 0 Å². The Morgan fingerprint density at radius 2 is 2.24 bits per heavy atom. The Bertz CT molecular complexity index is 561. The van der Waals surface area contributed by atoms with Gasteiger partial charge in [0.2, 0.25) is 0 Å². The zero-order chi connectivity index (χ0) is 12.1. The summed E-state index contributed by atoms with van der Waals surface area (Å²) < 4.78 is 5.15. The van der Waals surface area contributed by atoms with Crippen LogP contribution < -0.4 is 4.74 Å². The van der Waals surface area contributed by atoms with E-state index in [1.165, 1.54) is 0 Å². The van der Waals surface area contributed by atoms with E-state index in [2.05, 4.69) is 29.0 Å². The molecule has 3 nitrogen and oxygen atoms in total. The Morgan fingerprint density at radius 1 is 1.35 bits per heavy atom. The fourth-order valence-corrected chi connectivity index (χ4v) is 1.52. The number of hydrogen-bond acceptors (Lipinski definition) is 2. The standard InChI is InChI=1S/C14H14N2O/c1-3-12-10-15-16-14(12)8-7-11-5-4-6-13(9-11)17-2/h4-6,9-10H,3H2,1-2H3,(H,15,16). The summed E-state index contributed by atoms with van der Waals surface area (Å²) in [4.78, 5) is 0. The van der Waals surface area contributed by atoms with E-state index in [0.717, 1.165) is 29.0 Å². The monoisotopic (exact) mass is 226 g/mol. The summed E-state index contributed by atoms with van der Waals surface area (Å²) in [5.41, 5.74) is 2.96. The summed E-state index contributed by atoms with van der Waals surface area (Å²) in [6.45, 7) is 2.08. The van der Waals surface area contributed by atoms with E-state index in [-0.39, 0.29) is 0 Å². The summed E-state index contributed by atoms with van der Waals surface area (Å²) in [7, 11) is 1.65. The fourth-order valence-electron chi connectivity index (χ4n) is 1.52. The molecule has 1 aromatic carbocycles. The molecule has 0 unspecified atom stereocenters. The minimum atomic E-state index is 0.817. The Kier molecular flexibility index (Phi) is 3.46. The molecule has 0 saturated heterocycles. The third-order valence-electron chi connectivity index (χ3n) is 2.50. The molecule has 0 fully saturated rings. The van der Waals surface area contributed by atoms with Crippen molar-refractivity contribution in [3.8, 4) is 17.6 Å². The van der Waals surface area contributed by atoms with Gasteiger partial charge in [0.15, 0.2) is 0 Å². The van der Waals surface area contributed by atoms with Gasteiger partial charge in [-0.3, -0.25) is 5.10 Å². The van der Waals surface area contributed by atoms with Gasteiger partial charge in [-0.05, 0) is 30.5 Å². The predicted molar refractivity (Wildman–Crippen MR) is 66.9 cm³/mol. The Hall–Kier alpha value is -2.21. The quantitative estimate of drug-likeness (QED) is 0.798. The first-order chi connectivity index (χ1) is 8.33. The van der Waals surface area contributed by atoms with Gasteiger partial charge in [-0.25, -0.2) is 0 Å². The lowest BCUT2D eigenvalue weighted by molar-refractivity contribution is 0.414. The van der Waals surface area contributed by atoms with Gasteiger partial charge in [-0.1, -0.05) is 18.9 Å². The second-order valence-corrected chi connectivity index (χ2v) is 3.61. The largest absolute Gasteiger partial charge is 0.497 e. The first kappa shape index (κ1) is 11.3. The summed E-state index contributed by atoms with van der Waals surface area (Å²) in [6.07, 6.45) is 2.74. The minimum absolute atomic E-state index is 0.817. The normalized spacial score (nSPS) is 9.53. The molecule has 0 radical (unpaired) electrons. The predicted octanol–water partition coefficient (Wildman–Crippen LogP) is 2.38. The van der Waals surface area contributed by atoms with Gasteiger partial charge in [0.25, 0.3) is 0 Å². The second-order valence-electron chi connectivity index (χ2n) is 3.61. The summed E-state index contributed by atoms with van der Waals surface area (Å²) in [5, 5.41) is 6.89. The van der Waals surface area contributed by atoms with Crippen molar-refractivity contribution >= 4 is 0 Å². The van der Waals surface area contributed by atoms with Crippen LogP contribution in [0.15, 0.2) is 30.5 Å². The number of nitrogens with one attached hydrogen (secondary N) is 1. The molecule has 1 aromatic heterocycles. The Labute approximate surface area is 101 Å². The molecule has 0 aliphatic rings. The van der Waals surface area contributed by atoms with E-state index in [9.17, 15) is 0 Å². The lowest BCUT2D eigenvalue weighted by atomic mass is 10.2. The SMILES string of the molecule is CCc1cn[nH]c1C#Cc1cccc(OC)c1. The van der Waals surface area contributed by atoms with Gasteiger partial charge >= 0.3 is 0 Å². The highest BCUT2D eigenvalue weighted by molar-refractivity contribution is 5.44. The molecule has 0 saturated carbocycles. The van der Waals surface area contributed by atoms with E-state index < -0.39 is 0 Å². The molecular formula is C14H14N2O. The van der Waals surface area contributed by atoms with Crippen LogP contribution in [0.25, 0.3) is 0 Å². The van der Waals surface area contributed by atoms with Crippen molar-refractivity contribution in [3.05, 3.63) is 47.3 Å². The zero-order valence-electron chi connectivity index (χ0n) is 9.95. The number of H-pyrrole nitrogens is 1. The lowest BCUT2D eigenvalue weighted by Gasteiger charge is -1.98. The summed E-state index contributed by atoms with van der Waals surface area (Å²) in [5.74, 6) is 7.00. The molecular weight excluding hydrogens is 212 g/mol. The van der Waals surface area contributed by atoms with E-state index >= 15 is 0 Å². The van der Waals surface area contributed by atoms with Crippen LogP contribution in [-0.2, 0) is 6.42 Å².